The van der Waals surface area contributed by atoms with Crippen LogP contribution in [0.5, 0.6) is 0 Å². The number of para-hydroxylation sites is 2. The zero-order valence-corrected chi connectivity index (χ0v) is 17.3. The second kappa shape index (κ2) is 8.63. The first-order valence-corrected chi connectivity index (χ1v) is 9.91. The molecular formula is C18H12BrN3O4S2. The molecule has 1 aliphatic heterocycles. The van der Waals surface area contributed by atoms with Gasteiger partial charge in [-0.2, -0.15) is 0 Å². The molecule has 0 aromatic heterocycles. The molecule has 2 aromatic carbocycles. The van der Waals surface area contributed by atoms with E-state index < -0.39 is 10.8 Å². The van der Waals surface area contributed by atoms with E-state index in [1.54, 1.807) is 12.1 Å². The van der Waals surface area contributed by atoms with Crippen LogP contribution in [0.25, 0.3) is 6.08 Å². The van der Waals surface area contributed by atoms with Gasteiger partial charge in [-0.3, -0.25) is 24.6 Å². The number of nitrogens with one attached hydrogen (secondary N) is 1. The summed E-state index contributed by atoms with van der Waals surface area (Å²) in [5.74, 6) is -0.956. The summed E-state index contributed by atoms with van der Waals surface area (Å²) in [4.78, 5) is 37.0. The Morgan fingerprint density at radius 2 is 2.04 bits per heavy atom. The summed E-state index contributed by atoms with van der Waals surface area (Å²) in [5.41, 5.74) is 0.655. The fraction of sp³-hybridized carbons (Fsp3) is 0.0556. The lowest BCUT2D eigenvalue weighted by atomic mass is 10.2. The summed E-state index contributed by atoms with van der Waals surface area (Å²) in [5, 5.41) is 13.5. The second-order valence-corrected chi connectivity index (χ2v) is 8.24. The van der Waals surface area contributed by atoms with Crippen molar-refractivity contribution in [3.8, 4) is 0 Å². The van der Waals surface area contributed by atoms with Gasteiger partial charge in [-0.25, -0.2) is 0 Å². The lowest BCUT2D eigenvalue weighted by Gasteiger charge is -2.14. The van der Waals surface area contributed by atoms with Crippen molar-refractivity contribution in [2.75, 3.05) is 11.9 Å². The van der Waals surface area contributed by atoms with Gasteiger partial charge in [0.05, 0.1) is 9.83 Å². The molecule has 0 saturated carbocycles. The topological polar surface area (TPSA) is 92.6 Å². The number of amides is 2. The first-order valence-electron chi connectivity index (χ1n) is 7.89. The molecule has 1 aliphatic rings. The molecule has 0 atom stereocenters. The minimum atomic E-state index is -0.587. The van der Waals surface area contributed by atoms with E-state index in [0.717, 1.165) is 21.8 Å². The molecule has 3 rings (SSSR count). The fourth-order valence-electron chi connectivity index (χ4n) is 2.46. The van der Waals surface area contributed by atoms with Gasteiger partial charge in [0, 0.05) is 10.5 Å². The Bertz CT molecular complexity index is 1030. The Labute approximate surface area is 178 Å². The number of halogens is 1. The first kappa shape index (κ1) is 20.2. The number of hydrogen-bond donors (Lipinski definition) is 1. The molecular weight excluding hydrogens is 466 g/mol. The third-order valence-electron chi connectivity index (χ3n) is 3.70. The van der Waals surface area contributed by atoms with Crippen molar-refractivity contribution in [3.63, 3.8) is 0 Å². The van der Waals surface area contributed by atoms with E-state index in [4.69, 9.17) is 12.2 Å². The minimum absolute atomic E-state index is 0.0626. The lowest BCUT2D eigenvalue weighted by Crippen LogP contribution is -2.36. The van der Waals surface area contributed by atoms with Crippen LogP contribution in [0.15, 0.2) is 57.9 Å². The molecule has 0 bridgehead atoms. The number of carbonyl (C=O) groups is 2. The predicted octanol–water partition coefficient (Wildman–Crippen LogP) is 4.20. The van der Waals surface area contributed by atoms with Crippen LogP contribution < -0.4 is 5.32 Å². The van der Waals surface area contributed by atoms with Gasteiger partial charge in [-0.05, 0) is 29.8 Å². The summed E-state index contributed by atoms with van der Waals surface area (Å²) in [6, 6.07) is 13.2. The van der Waals surface area contributed by atoms with Gasteiger partial charge in [0.25, 0.3) is 11.6 Å². The quantitative estimate of drug-likeness (QED) is 0.300. The third-order valence-corrected chi connectivity index (χ3v) is 5.57. The summed E-state index contributed by atoms with van der Waals surface area (Å²) in [6.07, 6.45) is 1.70. The zero-order valence-electron chi connectivity index (χ0n) is 14.1. The number of thiocarbonyl (C=S) groups is 1. The Hall–Kier alpha value is -2.56. The maximum Gasteiger partial charge on any atom is 0.292 e. The second-order valence-electron chi connectivity index (χ2n) is 5.65. The molecule has 28 heavy (non-hydrogen) atoms. The number of nitrogens with zero attached hydrogens (tertiary/aromatic N) is 2. The maximum absolute atomic E-state index is 12.6. The predicted molar refractivity (Wildman–Crippen MR) is 116 cm³/mol. The SMILES string of the molecule is O=C(CN1C(=O)/C(=C/c2cccc(Br)c2)SC1=S)Nc1ccccc1[N+](=O)[O-]. The van der Waals surface area contributed by atoms with E-state index in [9.17, 15) is 19.7 Å². The number of thioether (sulfide) groups is 1. The smallest absolute Gasteiger partial charge is 0.292 e. The van der Waals surface area contributed by atoms with Crippen molar-refractivity contribution in [3.05, 3.63) is 73.6 Å². The van der Waals surface area contributed by atoms with Gasteiger partial charge in [0.1, 0.15) is 16.6 Å². The molecule has 0 radical (unpaired) electrons. The highest BCUT2D eigenvalue weighted by Crippen LogP contribution is 2.33. The van der Waals surface area contributed by atoms with Gasteiger partial charge in [-0.15, -0.1) is 0 Å². The molecule has 0 spiro atoms. The van der Waals surface area contributed by atoms with E-state index in [1.807, 2.05) is 24.3 Å². The third kappa shape index (κ3) is 4.64. The summed E-state index contributed by atoms with van der Waals surface area (Å²) in [7, 11) is 0. The average molecular weight is 478 g/mol. The van der Waals surface area contributed by atoms with Crippen molar-refractivity contribution in [2.24, 2.45) is 0 Å². The summed E-state index contributed by atoms with van der Waals surface area (Å²) < 4.78 is 1.13. The van der Waals surface area contributed by atoms with E-state index in [1.165, 1.54) is 23.1 Å². The van der Waals surface area contributed by atoms with E-state index in [-0.39, 0.29) is 28.1 Å². The maximum atomic E-state index is 12.6. The molecule has 1 saturated heterocycles. The average Bonchev–Trinajstić information content (AvgIpc) is 2.89. The Balaban J connectivity index is 1.73. The van der Waals surface area contributed by atoms with Crippen LogP contribution in [0.3, 0.4) is 0 Å². The highest BCUT2D eigenvalue weighted by Gasteiger charge is 2.33. The van der Waals surface area contributed by atoms with Crippen LogP contribution >= 0.6 is 39.9 Å². The van der Waals surface area contributed by atoms with Crippen molar-refractivity contribution in [1.82, 2.24) is 4.90 Å². The monoisotopic (exact) mass is 477 g/mol. The highest BCUT2D eigenvalue weighted by atomic mass is 79.9. The summed E-state index contributed by atoms with van der Waals surface area (Å²) >= 11 is 9.69. The Morgan fingerprint density at radius 3 is 2.75 bits per heavy atom. The summed E-state index contributed by atoms with van der Waals surface area (Å²) in [6.45, 7) is -0.327. The van der Waals surface area contributed by atoms with Gasteiger partial charge < -0.3 is 5.32 Å². The number of nitro groups is 1. The lowest BCUT2D eigenvalue weighted by molar-refractivity contribution is -0.383. The Morgan fingerprint density at radius 1 is 1.29 bits per heavy atom. The standard InChI is InChI=1S/C18H12BrN3O4S2/c19-12-5-3-4-11(8-12)9-15-17(24)21(18(27)28-15)10-16(23)20-13-6-1-2-7-14(13)22(25)26/h1-9H,10H2,(H,20,23)/b15-9-. The van der Waals surface area contributed by atoms with Crippen molar-refractivity contribution < 1.29 is 14.5 Å². The molecule has 0 unspecified atom stereocenters. The molecule has 10 heteroatoms. The van der Waals surface area contributed by atoms with Crippen LogP contribution in [-0.4, -0.2) is 32.5 Å². The molecule has 2 aromatic rings. The molecule has 1 fully saturated rings. The molecule has 0 aliphatic carbocycles. The largest absolute Gasteiger partial charge is 0.319 e. The van der Waals surface area contributed by atoms with Crippen molar-refractivity contribution in [2.45, 2.75) is 0 Å². The van der Waals surface area contributed by atoms with Crippen molar-refractivity contribution >= 4 is 73.5 Å². The van der Waals surface area contributed by atoms with Gasteiger partial charge in [0.15, 0.2) is 0 Å². The normalized spacial score (nSPS) is 15.2. The van der Waals surface area contributed by atoms with Crippen molar-refractivity contribution in [1.29, 1.82) is 0 Å². The highest BCUT2D eigenvalue weighted by molar-refractivity contribution is 9.10. The van der Waals surface area contributed by atoms with Crippen LogP contribution in [0.4, 0.5) is 11.4 Å². The van der Waals surface area contributed by atoms with Gasteiger partial charge in [0.2, 0.25) is 5.91 Å². The van der Waals surface area contributed by atoms with Gasteiger partial charge in [-0.1, -0.05) is 64.2 Å². The van der Waals surface area contributed by atoms with Crippen LogP contribution in [0, 0.1) is 10.1 Å². The van der Waals surface area contributed by atoms with E-state index in [2.05, 4.69) is 21.2 Å². The number of hydrogen-bond acceptors (Lipinski definition) is 6. The van der Waals surface area contributed by atoms with E-state index in [0.29, 0.717) is 4.91 Å². The molecule has 1 N–H and O–H groups in total. The first-order chi connectivity index (χ1) is 13.3. The fourth-order valence-corrected chi connectivity index (χ4v) is 4.13. The molecule has 7 nitrogen and oxygen atoms in total. The Kier molecular flexibility index (Phi) is 6.22. The number of rotatable bonds is 5. The van der Waals surface area contributed by atoms with Gasteiger partial charge >= 0.3 is 0 Å². The van der Waals surface area contributed by atoms with Crippen LogP contribution in [0.2, 0.25) is 0 Å². The molecule has 1 heterocycles. The molecule has 142 valence electrons. The van der Waals surface area contributed by atoms with Crippen LogP contribution in [-0.2, 0) is 9.59 Å². The van der Waals surface area contributed by atoms with E-state index >= 15 is 0 Å². The zero-order chi connectivity index (χ0) is 20.3. The number of carbonyl (C=O) groups excluding carboxylic acids is 2. The minimum Gasteiger partial charge on any atom is -0.319 e. The van der Waals surface area contributed by atoms with Crippen LogP contribution in [0.1, 0.15) is 5.56 Å². The number of anilines is 1. The number of nitro benzene ring substituents is 1. The number of benzene rings is 2. The molecule has 2 amide bonds.